The number of oxime groups is 1. The van der Waals surface area contributed by atoms with E-state index in [-0.39, 0.29) is 6.10 Å². The van der Waals surface area contributed by atoms with Crippen LogP contribution in [0, 0.1) is 5.92 Å². The molecule has 0 amide bonds. The molecular formula is C11H17NO2. The van der Waals surface area contributed by atoms with Crippen LogP contribution in [-0.4, -0.2) is 18.1 Å². The lowest BCUT2D eigenvalue weighted by molar-refractivity contribution is -0.102. The van der Waals surface area contributed by atoms with Gasteiger partial charge in [-0.25, -0.2) is 0 Å². The number of aldehydes is 1. The number of carbonyl (C=O) groups is 1. The van der Waals surface area contributed by atoms with Gasteiger partial charge in [0.2, 0.25) is 0 Å². The molecular weight excluding hydrogens is 178 g/mol. The molecule has 0 radical (unpaired) electrons. The Balaban J connectivity index is 1.86. The Labute approximate surface area is 84.5 Å². The van der Waals surface area contributed by atoms with Crippen LogP contribution in [0.5, 0.6) is 0 Å². The van der Waals surface area contributed by atoms with Crippen molar-refractivity contribution in [3.8, 4) is 0 Å². The summed E-state index contributed by atoms with van der Waals surface area (Å²) >= 11 is 0. The van der Waals surface area contributed by atoms with Crippen LogP contribution in [0.2, 0.25) is 0 Å². The predicted molar refractivity (Wildman–Crippen MR) is 54.2 cm³/mol. The topological polar surface area (TPSA) is 38.7 Å². The number of hydrogen-bond acceptors (Lipinski definition) is 3. The van der Waals surface area contributed by atoms with Gasteiger partial charge in [-0.2, -0.15) is 0 Å². The minimum Gasteiger partial charge on any atom is -0.391 e. The second-order valence-electron chi connectivity index (χ2n) is 4.30. The second-order valence-corrected chi connectivity index (χ2v) is 4.30. The molecule has 0 saturated heterocycles. The number of hydrogen-bond donors (Lipinski definition) is 0. The van der Waals surface area contributed by atoms with Gasteiger partial charge in [0.05, 0.1) is 0 Å². The monoisotopic (exact) mass is 195 g/mol. The molecule has 1 heterocycles. The molecule has 1 aliphatic carbocycles. The lowest BCUT2D eigenvalue weighted by atomic mass is 9.91. The van der Waals surface area contributed by atoms with E-state index in [4.69, 9.17) is 4.84 Å². The highest BCUT2D eigenvalue weighted by atomic mass is 16.6. The molecule has 78 valence electrons. The van der Waals surface area contributed by atoms with Gasteiger partial charge in [-0.1, -0.05) is 30.8 Å². The summed E-state index contributed by atoms with van der Waals surface area (Å²) in [5.74, 6) is 0.624. The van der Waals surface area contributed by atoms with Crippen molar-refractivity contribution in [2.24, 2.45) is 11.1 Å². The maximum Gasteiger partial charge on any atom is 0.167 e. The van der Waals surface area contributed by atoms with E-state index in [9.17, 15) is 4.79 Å². The molecule has 0 spiro atoms. The van der Waals surface area contributed by atoms with Crippen molar-refractivity contribution in [2.75, 3.05) is 0 Å². The van der Waals surface area contributed by atoms with E-state index in [1.807, 2.05) is 0 Å². The summed E-state index contributed by atoms with van der Waals surface area (Å²) in [5.41, 5.74) is 0.583. The third-order valence-electron chi connectivity index (χ3n) is 3.28. The van der Waals surface area contributed by atoms with Gasteiger partial charge in [-0.15, -0.1) is 0 Å². The average Bonchev–Trinajstić information content (AvgIpc) is 2.53. The molecule has 2 aliphatic rings. The lowest BCUT2D eigenvalue weighted by Gasteiger charge is -2.19. The summed E-state index contributed by atoms with van der Waals surface area (Å²) in [6.07, 6.45) is 9.54. The van der Waals surface area contributed by atoms with Crippen LogP contribution >= 0.6 is 0 Å². The molecule has 2 rings (SSSR count). The van der Waals surface area contributed by atoms with E-state index in [0.717, 1.165) is 12.7 Å². The first kappa shape index (κ1) is 9.69. The smallest absolute Gasteiger partial charge is 0.167 e. The maximum atomic E-state index is 10.5. The van der Waals surface area contributed by atoms with Crippen LogP contribution < -0.4 is 0 Å². The molecule has 0 N–H and O–H groups in total. The van der Waals surface area contributed by atoms with Crippen molar-refractivity contribution in [1.82, 2.24) is 0 Å². The van der Waals surface area contributed by atoms with Crippen molar-refractivity contribution >= 4 is 12.0 Å². The maximum absolute atomic E-state index is 10.5. The van der Waals surface area contributed by atoms with Gasteiger partial charge in [-0.05, 0) is 18.8 Å². The molecule has 1 saturated carbocycles. The van der Waals surface area contributed by atoms with Crippen molar-refractivity contribution in [3.63, 3.8) is 0 Å². The third kappa shape index (κ3) is 2.14. The van der Waals surface area contributed by atoms with Gasteiger partial charge < -0.3 is 4.84 Å². The van der Waals surface area contributed by atoms with Crippen molar-refractivity contribution < 1.29 is 9.63 Å². The van der Waals surface area contributed by atoms with E-state index in [1.54, 1.807) is 0 Å². The zero-order valence-electron chi connectivity index (χ0n) is 8.45. The number of nitrogens with zero attached hydrogens (tertiary/aromatic N) is 1. The second kappa shape index (κ2) is 4.58. The van der Waals surface area contributed by atoms with Gasteiger partial charge in [0, 0.05) is 6.42 Å². The van der Waals surface area contributed by atoms with E-state index < -0.39 is 0 Å². The minimum atomic E-state index is 0.188. The summed E-state index contributed by atoms with van der Waals surface area (Å²) in [7, 11) is 0. The summed E-state index contributed by atoms with van der Waals surface area (Å²) in [4.78, 5) is 15.8. The van der Waals surface area contributed by atoms with Gasteiger partial charge in [-0.3, -0.25) is 4.79 Å². The fourth-order valence-corrected chi connectivity index (χ4v) is 2.42. The summed E-state index contributed by atoms with van der Waals surface area (Å²) < 4.78 is 0. The predicted octanol–water partition coefficient (Wildman–Crippen LogP) is 2.30. The standard InChI is InChI=1S/C11H17NO2/c13-8-10-7-11(14-12-10)9-5-3-1-2-4-6-9/h8-9,11H,1-7H2. The summed E-state index contributed by atoms with van der Waals surface area (Å²) in [5, 5.41) is 3.79. The van der Waals surface area contributed by atoms with Crippen LogP contribution in [0.4, 0.5) is 0 Å². The largest absolute Gasteiger partial charge is 0.391 e. The Kier molecular flexibility index (Phi) is 3.17. The summed E-state index contributed by atoms with van der Waals surface area (Å²) in [6.45, 7) is 0. The molecule has 0 aromatic carbocycles. The van der Waals surface area contributed by atoms with Crippen LogP contribution in [0.25, 0.3) is 0 Å². The lowest BCUT2D eigenvalue weighted by Crippen LogP contribution is -2.20. The first-order valence-corrected chi connectivity index (χ1v) is 5.58. The quantitative estimate of drug-likeness (QED) is 0.501. The average molecular weight is 195 g/mol. The molecule has 1 aliphatic heterocycles. The van der Waals surface area contributed by atoms with Gasteiger partial charge in [0.1, 0.15) is 11.8 Å². The Hall–Kier alpha value is -0.860. The van der Waals surface area contributed by atoms with E-state index in [0.29, 0.717) is 11.6 Å². The highest BCUT2D eigenvalue weighted by molar-refractivity contribution is 6.28. The van der Waals surface area contributed by atoms with Crippen LogP contribution in [-0.2, 0) is 9.63 Å². The van der Waals surface area contributed by atoms with E-state index in [2.05, 4.69) is 5.16 Å². The molecule has 1 atom stereocenters. The zero-order chi connectivity index (χ0) is 9.80. The zero-order valence-corrected chi connectivity index (χ0v) is 8.45. The van der Waals surface area contributed by atoms with Crippen molar-refractivity contribution in [3.05, 3.63) is 0 Å². The molecule has 0 aromatic rings. The van der Waals surface area contributed by atoms with Crippen LogP contribution in [0.1, 0.15) is 44.9 Å². The highest BCUT2D eigenvalue weighted by Gasteiger charge is 2.29. The number of carbonyl (C=O) groups excluding carboxylic acids is 1. The van der Waals surface area contributed by atoms with Gasteiger partial charge >= 0.3 is 0 Å². The molecule has 1 unspecified atom stereocenters. The van der Waals surface area contributed by atoms with Crippen molar-refractivity contribution in [2.45, 2.75) is 51.0 Å². The molecule has 14 heavy (non-hydrogen) atoms. The molecule has 3 heteroatoms. The van der Waals surface area contributed by atoms with Gasteiger partial charge in [0.25, 0.3) is 0 Å². The summed E-state index contributed by atoms with van der Waals surface area (Å²) in [6, 6.07) is 0. The molecule has 3 nitrogen and oxygen atoms in total. The normalized spacial score (nSPS) is 29.1. The van der Waals surface area contributed by atoms with Crippen molar-refractivity contribution in [1.29, 1.82) is 0 Å². The van der Waals surface area contributed by atoms with Crippen LogP contribution in [0.3, 0.4) is 0 Å². The Morgan fingerprint density at radius 2 is 1.93 bits per heavy atom. The first-order chi connectivity index (χ1) is 6.90. The number of rotatable bonds is 2. The first-order valence-electron chi connectivity index (χ1n) is 5.58. The Morgan fingerprint density at radius 3 is 2.50 bits per heavy atom. The SMILES string of the molecule is O=CC1=NOC(C2CCCCCC2)C1. The highest BCUT2D eigenvalue weighted by Crippen LogP contribution is 2.30. The third-order valence-corrected chi connectivity index (χ3v) is 3.28. The fourth-order valence-electron chi connectivity index (χ4n) is 2.42. The van der Waals surface area contributed by atoms with E-state index in [1.165, 1.54) is 38.5 Å². The molecule has 0 aromatic heterocycles. The van der Waals surface area contributed by atoms with Crippen LogP contribution in [0.15, 0.2) is 5.16 Å². The molecule has 1 fully saturated rings. The fraction of sp³-hybridized carbons (Fsp3) is 0.818. The minimum absolute atomic E-state index is 0.188. The Morgan fingerprint density at radius 1 is 1.21 bits per heavy atom. The Bertz CT molecular complexity index is 229. The molecule has 0 bridgehead atoms. The van der Waals surface area contributed by atoms with Gasteiger partial charge in [0.15, 0.2) is 6.29 Å². The van der Waals surface area contributed by atoms with E-state index >= 15 is 0 Å².